The summed E-state index contributed by atoms with van der Waals surface area (Å²) < 4.78 is 0. The van der Waals surface area contributed by atoms with Gasteiger partial charge in [-0.15, -0.1) is 0 Å². The van der Waals surface area contributed by atoms with E-state index in [-0.39, 0.29) is 0 Å². The van der Waals surface area contributed by atoms with Crippen molar-refractivity contribution in [1.29, 1.82) is 0 Å². The Kier molecular flexibility index (Phi) is 4.30. The van der Waals surface area contributed by atoms with Crippen LogP contribution in [0.4, 0.5) is 0 Å². The Labute approximate surface area is 91.6 Å². The van der Waals surface area contributed by atoms with E-state index in [9.17, 15) is 10.2 Å². The highest BCUT2D eigenvalue weighted by atomic mass is 16.3. The maximum absolute atomic E-state index is 9.98. The van der Waals surface area contributed by atoms with E-state index in [1.54, 1.807) is 0 Å². The minimum atomic E-state index is -0.759. The second-order valence-corrected chi connectivity index (χ2v) is 4.16. The molecule has 2 unspecified atom stereocenters. The van der Waals surface area contributed by atoms with Crippen LogP contribution in [-0.2, 0) is 0 Å². The van der Waals surface area contributed by atoms with Crippen LogP contribution < -0.4 is 0 Å². The van der Waals surface area contributed by atoms with Gasteiger partial charge in [0.1, 0.15) is 6.10 Å². The molecule has 0 aliphatic heterocycles. The molecule has 2 N–H and O–H groups in total. The molecule has 2 atom stereocenters. The smallest absolute Gasteiger partial charge is 0.105 e. The summed E-state index contributed by atoms with van der Waals surface area (Å²) in [7, 11) is 0. The summed E-state index contributed by atoms with van der Waals surface area (Å²) in [5.41, 5.74) is 2.98. The fraction of sp³-hybridized carbons (Fsp3) is 0.538. The van der Waals surface area contributed by atoms with Gasteiger partial charge in [0.25, 0.3) is 0 Å². The van der Waals surface area contributed by atoms with Crippen LogP contribution in [-0.4, -0.2) is 16.3 Å². The van der Waals surface area contributed by atoms with Gasteiger partial charge in [-0.2, -0.15) is 0 Å². The SMILES string of the molecule is CCCC(O)C(O)c1cc(C)ccc1C. The van der Waals surface area contributed by atoms with Gasteiger partial charge < -0.3 is 10.2 Å². The van der Waals surface area contributed by atoms with E-state index in [4.69, 9.17) is 0 Å². The number of hydrogen-bond acceptors (Lipinski definition) is 2. The van der Waals surface area contributed by atoms with Crippen molar-refractivity contribution in [3.05, 3.63) is 34.9 Å². The van der Waals surface area contributed by atoms with Crippen molar-refractivity contribution >= 4 is 0 Å². The standard InChI is InChI=1S/C13H20O2/c1-4-5-12(14)13(15)11-8-9(2)6-7-10(11)3/h6-8,12-15H,4-5H2,1-3H3. The lowest BCUT2D eigenvalue weighted by Crippen LogP contribution is -2.18. The van der Waals surface area contributed by atoms with E-state index < -0.39 is 12.2 Å². The highest BCUT2D eigenvalue weighted by molar-refractivity contribution is 5.32. The molecular formula is C13H20O2. The van der Waals surface area contributed by atoms with Gasteiger partial charge in [0.2, 0.25) is 0 Å². The predicted molar refractivity (Wildman–Crippen MR) is 61.8 cm³/mol. The summed E-state index contributed by atoms with van der Waals surface area (Å²) in [6.45, 7) is 5.94. The first-order chi connectivity index (χ1) is 7.06. The van der Waals surface area contributed by atoms with Crippen molar-refractivity contribution in [3.8, 4) is 0 Å². The molecule has 0 amide bonds. The number of aliphatic hydroxyl groups is 2. The molecule has 0 heterocycles. The predicted octanol–water partition coefficient (Wildman–Crippen LogP) is 2.50. The van der Waals surface area contributed by atoms with Crippen LogP contribution >= 0.6 is 0 Å². The molecule has 0 saturated heterocycles. The molecule has 1 aromatic carbocycles. The lowest BCUT2D eigenvalue weighted by molar-refractivity contribution is 0.0127. The lowest BCUT2D eigenvalue weighted by Gasteiger charge is -2.19. The lowest BCUT2D eigenvalue weighted by atomic mass is 9.96. The molecule has 1 rings (SSSR count). The van der Waals surface area contributed by atoms with Crippen LogP contribution in [0, 0.1) is 13.8 Å². The molecule has 0 spiro atoms. The zero-order chi connectivity index (χ0) is 11.4. The first kappa shape index (κ1) is 12.2. The second kappa shape index (κ2) is 5.29. The van der Waals surface area contributed by atoms with Crippen molar-refractivity contribution < 1.29 is 10.2 Å². The van der Waals surface area contributed by atoms with Crippen molar-refractivity contribution in [2.24, 2.45) is 0 Å². The largest absolute Gasteiger partial charge is 0.390 e. The van der Waals surface area contributed by atoms with Gasteiger partial charge in [-0.3, -0.25) is 0 Å². The molecule has 0 aliphatic carbocycles. The molecule has 0 bridgehead atoms. The summed E-state index contributed by atoms with van der Waals surface area (Å²) in [6, 6.07) is 5.93. The first-order valence-corrected chi connectivity index (χ1v) is 5.49. The molecule has 0 fully saturated rings. The van der Waals surface area contributed by atoms with Gasteiger partial charge >= 0.3 is 0 Å². The van der Waals surface area contributed by atoms with E-state index in [1.807, 2.05) is 39.0 Å². The van der Waals surface area contributed by atoms with E-state index in [2.05, 4.69) is 0 Å². The fourth-order valence-electron chi connectivity index (χ4n) is 1.74. The van der Waals surface area contributed by atoms with Crippen LogP contribution in [0.2, 0.25) is 0 Å². The van der Waals surface area contributed by atoms with Crippen LogP contribution in [0.1, 0.15) is 42.6 Å². The van der Waals surface area contributed by atoms with Gasteiger partial charge in [0.05, 0.1) is 6.10 Å². The Hall–Kier alpha value is -0.860. The zero-order valence-corrected chi connectivity index (χ0v) is 9.70. The highest BCUT2D eigenvalue weighted by Gasteiger charge is 2.18. The zero-order valence-electron chi connectivity index (χ0n) is 9.70. The van der Waals surface area contributed by atoms with E-state index in [0.29, 0.717) is 6.42 Å². The molecule has 15 heavy (non-hydrogen) atoms. The van der Waals surface area contributed by atoms with Gasteiger partial charge in [0, 0.05) is 0 Å². The third-order valence-electron chi connectivity index (χ3n) is 2.70. The molecular weight excluding hydrogens is 188 g/mol. The second-order valence-electron chi connectivity index (χ2n) is 4.16. The molecule has 1 aromatic rings. The summed E-state index contributed by atoms with van der Waals surface area (Å²) >= 11 is 0. The average Bonchev–Trinajstić information content (AvgIpc) is 2.21. The number of hydrogen-bond donors (Lipinski definition) is 2. The van der Waals surface area contributed by atoms with Gasteiger partial charge in [0.15, 0.2) is 0 Å². The number of benzene rings is 1. The summed E-state index contributed by atoms with van der Waals surface area (Å²) in [5, 5.41) is 19.7. The minimum absolute atomic E-state index is 0.633. The Bertz CT molecular complexity index is 320. The highest BCUT2D eigenvalue weighted by Crippen LogP contribution is 2.23. The Morgan fingerprint density at radius 3 is 2.47 bits per heavy atom. The van der Waals surface area contributed by atoms with E-state index in [0.717, 1.165) is 23.1 Å². The van der Waals surface area contributed by atoms with Gasteiger partial charge in [-0.1, -0.05) is 37.1 Å². The normalized spacial score (nSPS) is 15.0. The molecule has 0 aliphatic rings. The van der Waals surface area contributed by atoms with E-state index >= 15 is 0 Å². The van der Waals surface area contributed by atoms with Crippen molar-refractivity contribution in [3.63, 3.8) is 0 Å². The molecule has 2 nitrogen and oxygen atoms in total. The van der Waals surface area contributed by atoms with Crippen molar-refractivity contribution in [1.82, 2.24) is 0 Å². The van der Waals surface area contributed by atoms with E-state index in [1.165, 1.54) is 0 Å². The average molecular weight is 208 g/mol. The molecule has 0 saturated carbocycles. The van der Waals surface area contributed by atoms with Gasteiger partial charge in [-0.05, 0) is 31.4 Å². The van der Waals surface area contributed by atoms with Crippen LogP contribution in [0.25, 0.3) is 0 Å². The van der Waals surface area contributed by atoms with Crippen molar-refractivity contribution in [2.45, 2.75) is 45.8 Å². The van der Waals surface area contributed by atoms with Crippen molar-refractivity contribution in [2.75, 3.05) is 0 Å². The first-order valence-electron chi connectivity index (χ1n) is 5.49. The molecule has 0 aromatic heterocycles. The Morgan fingerprint density at radius 1 is 1.20 bits per heavy atom. The van der Waals surface area contributed by atoms with Crippen LogP contribution in [0.3, 0.4) is 0 Å². The molecule has 84 valence electrons. The Balaban J connectivity index is 2.89. The third-order valence-corrected chi connectivity index (χ3v) is 2.70. The maximum atomic E-state index is 9.98. The fourth-order valence-corrected chi connectivity index (χ4v) is 1.74. The van der Waals surface area contributed by atoms with Crippen LogP contribution in [0.5, 0.6) is 0 Å². The topological polar surface area (TPSA) is 40.5 Å². The number of rotatable bonds is 4. The van der Waals surface area contributed by atoms with Crippen LogP contribution in [0.15, 0.2) is 18.2 Å². The third kappa shape index (κ3) is 3.05. The summed E-state index contributed by atoms with van der Waals surface area (Å²) in [4.78, 5) is 0. The Morgan fingerprint density at radius 2 is 1.87 bits per heavy atom. The van der Waals surface area contributed by atoms with Gasteiger partial charge in [-0.25, -0.2) is 0 Å². The number of aliphatic hydroxyl groups excluding tert-OH is 2. The summed E-state index contributed by atoms with van der Waals surface area (Å²) in [6.07, 6.45) is 0.0952. The number of aryl methyl sites for hydroxylation is 2. The minimum Gasteiger partial charge on any atom is -0.390 e. The molecule has 2 heteroatoms. The summed E-state index contributed by atoms with van der Waals surface area (Å²) in [5.74, 6) is 0. The monoisotopic (exact) mass is 208 g/mol. The quantitative estimate of drug-likeness (QED) is 0.798. The maximum Gasteiger partial charge on any atom is 0.105 e. The molecule has 0 radical (unpaired) electrons.